The number of halogens is 1. The molecule has 0 saturated heterocycles. The molecule has 25 heavy (non-hydrogen) atoms. The van der Waals surface area contributed by atoms with Gasteiger partial charge in [0.25, 0.3) is 0 Å². The van der Waals surface area contributed by atoms with E-state index in [0.29, 0.717) is 0 Å². The first-order valence-corrected chi connectivity index (χ1v) is 9.04. The van der Waals surface area contributed by atoms with Crippen molar-refractivity contribution in [1.29, 1.82) is 0 Å². The Bertz CT molecular complexity index is 631. The summed E-state index contributed by atoms with van der Waals surface area (Å²) in [7, 11) is 0. The largest absolute Gasteiger partial charge is 0.487 e. The van der Waals surface area contributed by atoms with Crippen molar-refractivity contribution >= 4 is 34.7 Å². The van der Waals surface area contributed by atoms with Gasteiger partial charge in [-0.05, 0) is 81.8 Å². The molecule has 0 fully saturated rings. The predicted octanol–water partition coefficient (Wildman–Crippen LogP) is 3.99. The van der Waals surface area contributed by atoms with E-state index in [0.717, 1.165) is 14.9 Å². The van der Waals surface area contributed by atoms with Crippen molar-refractivity contribution < 1.29 is 24.2 Å². The Morgan fingerprint density at radius 1 is 1.16 bits per heavy atom. The molecule has 1 amide bonds. The van der Waals surface area contributed by atoms with Crippen molar-refractivity contribution in [2.45, 2.75) is 65.2 Å². The second-order valence-electron chi connectivity index (χ2n) is 7.72. The van der Waals surface area contributed by atoms with Gasteiger partial charge in [0, 0.05) is 6.42 Å². The van der Waals surface area contributed by atoms with Crippen LogP contribution in [0.1, 0.15) is 47.1 Å². The monoisotopic (exact) mass is 463 g/mol. The first kappa shape index (κ1) is 21.5. The third-order valence-electron chi connectivity index (χ3n) is 2.84. The van der Waals surface area contributed by atoms with Gasteiger partial charge in [0.15, 0.2) is 0 Å². The Hall–Kier alpha value is -1.51. The lowest BCUT2D eigenvalue weighted by Crippen LogP contribution is -2.44. The fraction of sp³-hybridized carbons (Fsp3) is 0.556. The first-order valence-electron chi connectivity index (χ1n) is 7.96. The molecule has 1 aromatic carbocycles. The molecule has 6 nitrogen and oxygen atoms in total. The Balaban J connectivity index is 2.84. The van der Waals surface area contributed by atoms with E-state index in [2.05, 4.69) is 27.9 Å². The van der Waals surface area contributed by atoms with Crippen molar-refractivity contribution in [3.05, 3.63) is 27.3 Å². The van der Waals surface area contributed by atoms with E-state index < -0.39 is 23.7 Å². The summed E-state index contributed by atoms with van der Waals surface area (Å²) in [6.45, 7) is 11.0. The Kier molecular flexibility index (Phi) is 7.10. The number of carbonyl (C=O) groups excluding carboxylic acids is 1. The molecule has 0 aliphatic heterocycles. The highest BCUT2D eigenvalue weighted by molar-refractivity contribution is 14.1. The van der Waals surface area contributed by atoms with Crippen molar-refractivity contribution in [1.82, 2.24) is 5.32 Å². The van der Waals surface area contributed by atoms with E-state index in [9.17, 15) is 14.7 Å². The number of rotatable bonds is 5. The molecule has 0 saturated carbocycles. The highest BCUT2D eigenvalue weighted by Gasteiger charge is 2.24. The van der Waals surface area contributed by atoms with Crippen LogP contribution < -0.4 is 10.1 Å². The van der Waals surface area contributed by atoms with E-state index >= 15 is 0 Å². The average Bonchev–Trinajstić information content (AvgIpc) is 2.37. The molecule has 0 bridgehead atoms. The van der Waals surface area contributed by atoms with E-state index in [1.807, 2.05) is 32.9 Å². The summed E-state index contributed by atoms with van der Waals surface area (Å²) in [6, 6.07) is 4.40. The first-order chi connectivity index (χ1) is 11.3. The Morgan fingerprint density at radius 3 is 2.20 bits per heavy atom. The van der Waals surface area contributed by atoms with Crippen LogP contribution in [0.5, 0.6) is 5.75 Å². The number of nitrogens with one attached hydrogen (secondary N) is 1. The van der Waals surface area contributed by atoms with Crippen LogP contribution in [-0.2, 0) is 16.0 Å². The van der Waals surface area contributed by atoms with Crippen LogP contribution in [-0.4, -0.2) is 34.4 Å². The lowest BCUT2D eigenvalue weighted by atomic mass is 10.1. The standard InChI is InChI=1S/C18H26INO5/c1-17(2,3)24-14-8-7-11(9-12(14)19)10-13(15(21)22)20-16(23)25-18(4,5)6/h7-9,13H,10H2,1-6H3,(H,20,23)(H,21,22). The van der Waals surface area contributed by atoms with Crippen LogP contribution in [0.25, 0.3) is 0 Å². The summed E-state index contributed by atoms with van der Waals surface area (Å²) in [5.74, 6) is -0.375. The second-order valence-corrected chi connectivity index (χ2v) is 8.88. The van der Waals surface area contributed by atoms with Gasteiger partial charge in [-0.3, -0.25) is 0 Å². The van der Waals surface area contributed by atoms with Gasteiger partial charge < -0.3 is 19.9 Å². The summed E-state index contributed by atoms with van der Waals surface area (Å²) in [6.07, 6.45) is -0.595. The fourth-order valence-corrected chi connectivity index (χ4v) is 2.66. The van der Waals surface area contributed by atoms with E-state index in [1.165, 1.54) is 0 Å². The normalized spacial score (nSPS) is 13.1. The Labute approximate surface area is 162 Å². The maximum Gasteiger partial charge on any atom is 0.408 e. The molecule has 0 aromatic heterocycles. The number of carboxylic acid groups (broad SMARTS) is 1. The van der Waals surface area contributed by atoms with Crippen LogP contribution in [0.2, 0.25) is 0 Å². The highest BCUT2D eigenvalue weighted by atomic mass is 127. The molecule has 0 aliphatic carbocycles. The number of hydrogen-bond acceptors (Lipinski definition) is 4. The molecule has 0 heterocycles. The molecule has 1 atom stereocenters. The van der Waals surface area contributed by atoms with Crippen molar-refractivity contribution in [2.24, 2.45) is 0 Å². The summed E-state index contributed by atoms with van der Waals surface area (Å²) in [5, 5.41) is 11.8. The van der Waals surface area contributed by atoms with Gasteiger partial charge in [-0.25, -0.2) is 9.59 Å². The molecular weight excluding hydrogens is 437 g/mol. The molecule has 7 heteroatoms. The van der Waals surface area contributed by atoms with Gasteiger partial charge in [-0.15, -0.1) is 0 Å². The number of aliphatic carboxylic acids is 1. The van der Waals surface area contributed by atoms with Crippen molar-refractivity contribution in [2.75, 3.05) is 0 Å². The van der Waals surface area contributed by atoms with Crippen molar-refractivity contribution in [3.8, 4) is 5.75 Å². The smallest absolute Gasteiger partial charge is 0.408 e. The van der Waals surface area contributed by atoms with Crippen LogP contribution in [0.3, 0.4) is 0 Å². The van der Waals surface area contributed by atoms with Crippen LogP contribution >= 0.6 is 22.6 Å². The average molecular weight is 463 g/mol. The van der Waals surface area contributed by atoms with Gasteiger partial charge in [0.05, 0.1) is 3.57 Å². The molecule has 1 aromatic rings. The lowest BCUT2D eigenvalue weighted by molar-refractivity contribution is -0.139. The number of ether oxygens (including phenoxy) is 2. The zero-order valence-corrected chi connectivity index (χ0v) is 17.6. The maximum absolute atomic E-state index is 11.8. The number of carbonyl (C=O) groups is 2. The van der Waals surface area contributed by atoms with Gasteiger partial charge >= 0.3 is 12.1 Å². The minimum absolute atomic E-state index is 0.153. The number of alkyl carbamates (subject to hydrolysis) is 1. The molecule has 1 rings (SSSR count). The third-order valence-corrected chi connectivity index (χ3v) is 3.68. The van der Waals surface area contributed by atoms with E-state index in [1.54, 1.807) is 26.8 Å². The second kappa shape index (κ2) is 8.25. The summed E-state index contributed by atoms with van der Waals surface area (Å²) in [4.78, 5) is 23.3. The van der Waals surface area contributed by atoms with Crippen LogP contribution in [0.4, 0.5) is 4.79 Å². The molecule has 140 valence electrons. The number of benzene rings is 1. The van der Waals surface area contributed by atoms with Crippen LogP contribution in [0, 0.1) is 3.57 Å². The van der Waals surface area contributed by atoms with Crippen molar-refractivity contribution in [3.63, 3.8) is 0 Å². The quantitative estimate of drug-likeness (QED) is 0.646. The fourth-order valence-electron chi connectivity index (χ4n) is 1.97. The number of carboxylic acids is 1. The minimum atomic E-state index is -1.11. The SMILES string of the molecule is CC(C)(C)OC(=O)NC(Cc1ccc(OC(C)(C)C)c(I)c1)C(=O)O. The zero-order chi connectivity index (χ0) is 19.4. The topological polar surface area (TPSA) is 84.9 Å². The predicted molar refractivity (Wildman–Crippen MR) is 104 cm³/mol. The van der Waals surface area contributed by atoms with Gasteiger partial charge in [-0.1, -0.05) is 6.07 Å². The van der Waals surface area contributed by atoms with E-state index in [-0.39, 0.29) is 12.0 Å². The zero-order valence-electron chi connectivity index (χ0n) is 15.5. The maximum atomic E-state index is 11.8. The molecule has 0 radical (unpaired) electrons. The molecule has 0 spiro atoms. The number of hydrogen-bond donors (Lipinski definition) is 2. The van der Waals surface area contributed by atoms with Crippen LogP contribution in [0.15, 0.2) is 18.2 Å². The van der Waals surface area contributed by atoms with Gasteiger partial charge in [0.1, 0.15) is 23.0 Å². The highest BCUT2D eigenvalue weighted by Crippen LogP contribution is 2.26. The minimum Gasteiger partial charge on any atom is -0.487 e. The van der Waals surface area contributed by atoms with E-state index in [4.69, 9.17) is 9.47 Å². The Morgan fingerprint density at radius 2 is 1.76 bits per heavy atom. The lowest BCUT2D eigenvalue weighted by Gasteiger charge is -2.23. The molecule has 0 aliphatic rings. The van der Waals surface area contributed by atoms with Gasteiger partial charge in [0.2, 0.25) is 0 Å². The summed E-state index contributed by atoms with van der Waals surface area (Å²) in [5.41, 5.74) is -0.216. The summed E-state index contributed by atoms with van der Waals surface area (Å²) >= 11 is 2.15. The molecular formula is C18H26INO5. The third kappa shape index (κ3) is 8.42. The number of amides is 1. The van der Waals surface area contributed by atoms with Gasteiger partial charge in [-0.2, -0.15) is 0 Å². The summed E-state index contributed by atoms with van der Waals surface area (Å²) < 4.78 is 11.8. The molecule has 2 N–H and O–H groups in total. The molecule has 1 unspecified atom stereocenters.